The molecule has 0 saturated carbocycles. The molecular weight excluding hydrogens is 417 g/mol. The lowest BCUT2D eigenvalue weighted by Gasteiger charge is -2.34. The first kappa shape index (κ1) is 21.3. The van der Waals surface area contributed by atoms with Crippen LogP contribution >= 0.6 is 11.3 Å². The van der Waals surface area contributed by atoms with Gasteiger partial charge in [0.05, 0.1) is 6.26 Å². The number of amides is 2. The first-order valence-electron chi connectivity index (χ1n) is 10.1. The van der Waals surface area contributed by atoms with E-state index in [1.807, 2.05) is 6.92 Å². The van der Waals surface area contributed by atoms with Gasteiger partial charge in [-0.1, -0.05) is 0 Å². The van der Waals surface area contributed by atoms with E-state index in [0.717, 1.165) is 34.1 Å². The third-order valence-corrected chi connectivity index (χ3v) is 6.78. The normalized spacial score (nSPS) is 14.6. The van der Waals surface area contributed by atoms with E-state index in [9.17, 15) is 14.0 Å². The van der Waals surface area contributed by atoms with Gasteiger partial charge in [0.1, 0.15) is 10.8 Å². The highest BCUT2D eigenvalue weighted by molar-refractivity contribution is 7.16. The summed E-state index contributed by atoms with van der Waals surface area (Å²) in [7, 11) is 0. The number of rotatable bonds is 5. The van der Waals surface area contributed by atoms with Crippen molar-refractivity contribution in [2.75, 3.05) is 31.5 Å². The smallest absolute Gasteiger partial charge is 0.289 e. The summed E-state index contributed by atoms with van der Waals surface area (Å²) in [4.78, 5) is 30.3. The number of anilines is 1. The van der Waals surface area contributed by atoms with Crippen LogP contribution < -0.4 is 5.32 Å². The maximum atomic E-state index is 13.2. The lowest BCUT2D eigenvalue weighted by Crippen LogP contribution is -2.48. The Hall–Kier alpha value is -2.97. The molecule has 4 rings (SSSR count). The number of thiophene rings is 1. The summed E-state index contributed by atoms with van der Waals surface area (Å²) in [5, 5.41) is 3.81. The van der Waals surface area contributed by atoms with Gasteiger partial charge in [-0.05, 0) is 55.8 Å². The largest absolute Gasteiger partial charge is 0.459 e. The Bertz CT molecular complexity index is 1070. The van der Waals surface area contributed by atoms with Gasteiger partial charge < -0.3 is 14.6 Å². The van der Waals surface area contributed by atoms with Crippen LogP contribution in [-0.2, 0) is 6.54 Å². The molecule has 2 amide bonds. The minimum absolute atomic E-state index is 0.0838. The van der Waals surface area contributed by atoms with Crippen LogP contribution in [0.25, 0.3) is 0 Å². The highest BCUT2D eigenvalue weighted by Crippen LogP contribution is 2.34. The van der Waals surface area contributed by atoms with Crippen molar-refractivity contribution in [1.29, 1.82) is 0 Å². The van der Waals surface area contributed by atoms with Crippen molar-refractivity contribution < 1.29 is 18.4 Å². The van der Waals surface area contributed by atoms with Gasteiger partial charge in [-0.25, -0.2) is 4.39 Å². The van der Waals surface area contributed by atoms with Gasteiger partial charge >= 0.3 is 0 Å². The number of hydrogen-bond acceptors (Lipinski definition) is 5. The number of nitrogens with one attached hydrogen (secondary N) is 1. The number of hydrogen-bond donors (Lipinski definition) is 1. The molecule has 1 aromatic carbocycles. The van der Waals surface area contributed by atoms with E-state index >= 15 is 0 Å². The molecule has 8 heteroatoms. The molecule has 0 aliphatic carbocycles. The van der Waals surface area contributed by atoms with Crippen LogP contribution in [0.5, 0.6) is 0 Å². The van der Waals surface area contributed by atoms with E-state index in [1.54, 1.807) is 28.4 Å². The van der Waals surface area contributed by atoms with Gasteiger partial charge in [-0.15, -0.1) is 11.3 Å². The SMILES string of the molecule is Cc1sc(NC(=O)c2ccc(F)cc2)c(CN2CCN(C(=O)c3ccco3)CC2)c1C. The topological polar surface area (TPSA) is 65.8 Å². The maximum absolute atomic E-state index is 13.2. The van der Waals surface area contributed by atoms with Crippen LogP contribution in [-0.4, -0.2) is 47.8 Å². The van der Waals surface area contributed by atoms with E-state index in [2.05, 4.69) is 17.1 Å². The Labute approximate surface area is 184 Å². The summed E-state index contributed by atoms with van der Waals surface area (Å²) < 4.78 is 18.4. The monoisotopic (exact) mass is 441 g/mol. The molecular formula is C23H24FN3O3S. The van der Waals surface area contributed by atoms with Crippen molar-refractivity contribution in [1.82, 2.24) is 9.80 Å². The number of aryl methyl sites for hydroxylation is 1. The summed E-state index contributed by atoms with van der Waals surface area (Å²) in [5.74, 6) is -0.343. The zero-order valence-corrected chi connectivity index (χ0v) is 18.3. The lowest BCUT2D eigenvalue weighted by atomic mass is 10.1. The highest BCUT2D eigenvalue weighted by atomic mass is 32.1. The Balaban J connectivity index is 1.41. The average molecular weight is 442 g/mol. The molecule has 1 fully saturated rings. The molecule has 1 saturated heterocycles. The van der Waals surface area contributed by atoms with Crippen LogP contribution in [0.2, 0.25) is 0 Å². The van der Waals surface area contributed by atoms with Crippen LogP contribution in [0, 0.1) is 19.7 Å². The number of piperazine rings is 1. The van der Waals surface area contributed by atoms with Crippen molar-refractivity contribution in [3.05, 3.63) is 75.8 Å². The lowest BCUT2D eigenvalue weighted by molar-refractivity contribution is 0.0597. The summed E-state index contributed by atoms with van der Waals surface area (Å²) in [6.07, 6.45) is 1.51. The molecule has 1 aliphatic heterocycles. The van der Waals surface area contributed by atoms with Gasteiger partial charge in [0.15, 0.2) is 5.76 Å². The summed E-state index contributed by atoms with van der Waals surface area (Å²) in [6.45, 7) is 7.52. The van der Waals surface area contributed by atoms with E-state index < -0.39 is 0 Å². The average Bonchev–Trinajstić information content (AvgIpc) is 3.39. The van der Waals surface area contributed by atoms with E-state index in [-0.39, 0.29) is 17.6 Å². The molecule has 0 spiro atoms. The first-order chi connectivity index (χ1) is 14.9. The van der Waals surface area contributed by atoms with E-state index in [0.29, 0.717) is 31.0 Å². The molecule has 0 unspecified atom stereocenters. The minimum Gasteiger partial charge on any atom is -0.459 e. The molecule has 3 heterocycles. The molecule has 162 valence electrons. The second-order valence-corrected chi connectivity index (χ2v) is 8.82. The highest BCUT2D eigenvalue weighted by Gasteiger charge is 2.25. The molecule has 1 N–H and O–H groups in total. The van der Waals surface area contributed by atoms with Crippen LogP contribution in [0.3, 0.4) is 0 Å². The molecule has 2 aromatic heterocycles. The fourth-order valence-electron chi connectivity index (χ4n) is 3.63. The summed E-state index contributed by atoms with van der Waals surface area (Å²) in [6, 6.07) is 8.92. The van der Waals surface area contributed by atoms with Crippen molar-refractivity contribution in [3.8, 4) is 0 Å². The second-order valence-electron chi connectivity index (χ2n) is 7.60. The van der Waals surface area contributed by atoms with Crippen LogP contribution in [0.15, 0.2) is 47.1 Å². The Morgan fingerprint density at radius 2 is 1.81 bits per heavy atom. The molecule has 3 aromatic rings. The minimum atomic E-state index is -0.371. The number of halogens is 1. The van der Waals surface area contributed by atoms with Crippen molar-refractivity contribution in [3.63, 3.8) is 0 Å². The number of benzene rings is 1. The quantitative estimate of drug-likeness (QED) is 0.641. The van der Waals surface area contributed by atoms with Gasteiger partial charge in [0.2, 0.25) is 0 Å². The van der Waals surface area contributed by atoms with Gasteiger partial charge in [-0.2, -0.15) is 0 Å². The summed E-state index contributed by atoms with van der Waals surface area (Å²) >= 11 is 1.55. The number of carbonyl (C=O) groups excluding carboxylic acids is 2. The van der Waals surface area contributed by atoms with Crippen molar-refractivity contribution in [2.45, 2.75) is 20.4 Å². The second kappa shape index (κ2) is 9.03. The van der Waals surface area contributed by atoms with Crippen molar-refractivity contribution in [2.24, 2.45) is 0 Å². The zero-order chi connectivity index (χ0) is 22.0. The fraction of sp³-hybridized carbons (Fsp3) is 0.304. The number of nitrogens with zero attached hydrogens (tertiary/aromatic N) is 2. The van der Waals surface area contributed by atoms with Crippen molar-refractivity contribution >= 4 is 28.2 Å². The predicted molar refractivity (Wildman–Crippen MR) is 118 cm³/mol. The Morgan fingerprint density at radius 3 is 2.45 bits per heavy atom. The van der Waals surface area contributed by atoms with E-state index in [4.69, 9.17) is 4.42 Å². The fourth-order valence-corrected chi connectivity index (χ4v) is 4.70. The predicted octanol–water partition coefficient (Wildman–Crippen LogP) is 4.31. The molecule has 1 aliphatic rings. The molecule has 6 nitrogen and oxygen atoms in total. The Kier molecular flexibility index (Phi) is 6.20. The Morgan fingerprint density at radius 1 is 1.10 bits per heavy atom. The number of carbonyl (C=O) groups is 2. The maximum Gasteiger partial charge on any atom is 0.289 e. The third-order valence-electron chi connectivity index (χ3n) is 5.62. The third kappa shape index (κ3) is 4.70. The van der Waals surface area contributed by atoms with Crippen LogP contribution in [0.1, 0.15) is 36.9 Å². The summed E-state index contributed by atoms with van der Waals surface area (Å²) in [5.41, 5.74) is 2.67. The molecule has 0 bridgehead atoms. The zero-order valence-electron chi connectivity index (χ0n) is 17.5. The number of furan rings is 1. The van der Waals surface area contributed by atoms with Gasteiger partial charge in [0, 0.05) is 48.7 Å². The van der Waals surface area contributed by atoms with Crippen LogP contribution in [0.4, 0.5) is 9.39 Å². The first-order valence-corrected chi connectivity index (χ1v) is 10.9. The molecule has 31 heavy (non-hydrogen) atoms. The van der Waals surface area contributed by atoms with Gasteiger partial charge in [-0.3, -0.25) is 14.5 Å². The molecule has 0 atom stereocenters. The standard InChI is InChI=1S/C23H24FN3O3S/c1-15-16(2)31-22(25-21(28)17-5-7-18(24)8-6-17)19(15)14-26-9-11-27(12-10-26)23(29)20-4-3-13-30-20/h3-8,13H,9-12,14H2,1-2H3,(H,25,28). The van der Waals surface area contributed by atoms with Gasteiger partial charge in [0.25, 0.3) is 11.8 Å². The molecule has 0 radical (unpaired) electrons. The van der Waals surface area contributed by atoms with E-state index in [1.165, 1.54) is 30.5 Å².